The van der Waals surface area contributed by atoms with Gasteiger partial charge in [0, 0.05) is 18.0 Å². The lowest BCUT2D eigenvalue weighted by Gasteiger charge is -2.12. The molecule has 0 aliphatic carbocycles. The van der Waals surface area contributed by atoms with Gasteiger partial charge in [-0.3, -0.25) is 0 Å². The summed E-state index contributed by atoms with van der Waals surface area (Å²) in [6.07, 6.45) is 1.56. The van der Waals surface area contributed by atoms with Gasteiger partial charge in [0.1, 0.15) is 5.69 Å². The number of rotatable bonds is 7. The fourth-order valence-electron chi connectivity index (χ4n) is 2.17. The van der Waals surface area contributed by atoms with E-state index in [-0.39, 0.29) is 5.97 Å². The number of carbonyl (C=O) groups excluding carboxylic acids is 1. The SMILES string of the molecule is CCOC(=O)c1csc(=NN=Cc2cc(OC)c(OC)c(OC)c2)n1C. The molecule has 0 atom stereocenters. The molecule has 2 rings (SSSR count). The Morgan fingerprint density at radius 2 is 1.85 bits per heavy atom. The topological polar surface area (TPSA) is 83.6 Å². The molecule has 1 aromatic carbocycles. The van der Waals surface area contributed by atoms with Crippen molar-refractivity contribution >= 4 is 23.5 Å². The first kappa shape index (κ1) is 19.5. The predicted octanol–water partition coefficient (Wildman–Crippen LogP) is 2.22. The number of benzene rings is 1. The van der Waals surface area contributed by atoms with E-state index in [2.05, 4.69) is 10.2 Å². The molecular weight excluding hydrogens is 358 g/mol. The summed E-state index contributed by atoms with van der Waals surface area (Å²) in [6, 6.07) is 3.53. The van der Waals surface area contributed by atoms with Crippen molar-refractivity contribution in [2.45, 2.75) is 6.92 Å². The Bertz CT molecular complexity index is 845. The fourth-order valence-corrected chi connectivity index (χ4v) is 2.99. The minimum atomic E-state index is -0.388. The van der Waals surface area contributed by atoms with E-state index in [1.165, 1.54) is 11.3 Å². The second-order valence-corrected chi connectivity index (χ2v) is 5.82. The van der Waals surface area contributed by atoms with Crippen LogP contribution in [0.2, 0.25) is 0 Å². The number of methoxy groups -OCH3 is 3. The molecule has 0 radical (unpaired) electrons. The Morgan fingerprint density at radius 1 is 1.19 bits per heavy atom. The van der Waals surface area contributed by atoms with Gasteiger partial charge in [0.05, 0.1) is 34.2 Å². The third kappa shape index (κ3) is 4.23. The highest BCUT2D eigenvalue weighted by atomic mass is 32.1. The molecule has 0 unspecified atom stereocenters. The van der Waals surface area contributed by atoms with Crippen molar-refractivity contribution in [3.05, 3.63) is 33.6 Å². The molecule has 2 aromatic rings. The summed E-state index contributed by atoms with van der Waals surface area (Å²) in [5.41, 5.74) is 1.16. The molecule has 0 N–H and O–H groups in total. The van der Waals surface area contributed by atoms with Crippen molar-refractivity contribution < 1.29 is 23.7 Å². The largest absolute Gasteiger partial charge is 0.493 e. The van der Waals surface area contributed by atoms with Crippen molar-refractivity contribution in [1.29, 1.82) is 0 Å². The van der Waals surface area contributed by atoms with E-state index < -0.39 is 0 Å². The minimum absolute atomic E-state index is 0.320. The standard InChI is InChI=1S/C17H21N3O5S/c1-6-25-16(21)12-10-26-17(20(12)2)19-18-9-11-7-13(22-3)15(24-5)14(8-11)23-4/h7-10H,6H2,1-5H3. The Hall–Kier alpha value is -2.81. The first-order valence-corrected chi connectivity index (χ1v) is 8.62. The van der Waals surface area contributed by atoms with Gasteiger partial charge >= 0.3 is 5.97 Å². The Labute approximate surface area is 155 Å². The molecule has 0 bridgehead atoms. The highest BCUT2D eigenvalue weighted by Crippen LogP contribution is 2.37. The van der Waals surface area contributed by atoms with Crippen LogP contribution in [0, 0.1) is 0 Å². The van der Waals surface area contributed by atoms with Gasteiger partial charge in [-0.1, -0.05) is 0 Å². The quantitative estimate of drug-likeness (QED) is 0.418. The fraction of sp³-hybridized carbons (Fsp3) is 0.353. The molecule has 0 saturated carbocycles. The lowest BCUT2D eigenvalue weighted by Crippen LogP contribution is -2.17. The number of thiazole rings is 1. The molecule has 0 aliphatic rings. The molecule has 140 valence electrons. The zero-order valence-corrected chi connectivity index (χ0v) is 16.1. The van der Waals surface area contributed by atoms with Gasteiger partial charge in [-0.05, 0) is 19.1 Å². The van der Waals surface area contributed by atoms with E-state index in [0.29, 0.717) is 34.4 Å². The third-order valence-corrected chi connectivity index (χ3v) is 4.35. The number of nitrogens with zero attached hydrogens (tertiary/aromatic N) is 3. The third-order valence-electron chi connectivity index (χ3n) is 3.45. The molecular formula is C17H21N3O5S. The lowest BCUT2D eigenvalue weighted by molar-refractivity contribution is 0.0515. The first-order chi connectivity index (χ1) is 12.5. The summed E-state index contributed by atoms with van der Waals surface area (Å²) in [5, 5.41) is 9.92. The zero-order chi connectivity index (χ0) is 19.1. The Kier molecular flexibility index (Phi) is 6.79. The van der Waals surface area contributed by atoms with E-state index in [1.54, 1.807) is 63.6 Å². The van der Waals surface area contributed by atoms with Crippen molar-refractivity contribution in [2.24, 2.45) is 17.3 Å². The van der Waals surface area contributed by atoms with Gasteiger partial charge in [0.25, 0.3) is 0 Å². The number of aromatic nitrogens is 1. The minimum Gasteiger partial charge on any atom is -0.493 e. The number of ether oxygens (including phenoxy) is 4. The molecule has 0 aliphatic heterocycles. The highest BCUT2D eigenvalue weighted by molar-refractivity contribution is 7.07. The van der Waals surface area contributed by atoms with Crippen LogP contribution in [0.3, 0.4) is 0 Å². The van der Waals surface area contributed by atoms with E-state index >= 15 is 0 Å². The molecule has 0 spiro atoms. The van der Waals surface area contributed by atoms with Crippen LogP contribution >= 0.6 is 11.3 Å². The van der Waals surface area contributed by atoms with Crippen molar-refractivity contribution in [3.8, 4) is 17.2 Å². The number of carbonyl (C=O) groups is 1. The summed E-state index contributed by atoms with van der Waals surface area (Å²) >= 11 is 1.30. The molecule has 1 heterocycles. The van der Waals surface area contributed by atoms with E-state index in [0.717, 1.165) is 5.56 Å². The highest BCUT2D eigenvalue weighted by Gasteiger charge is 2.13. The predicted molar refractivity (Wildman–Crippen MR) is 98.5 cm³/mol. The monoisotopic (exact) mass is 379 g/mol. The maximum atomic E-state index is 11.8. The Morgan fingerprint density at radius 3 is 2.38 bits per heavy atom. The van der Waals surface area contributed by atoms with Crippen LogP contribution < -0.4 is 19.0 Å². The molecule has 0 amide bonds. The van der Waals surface area contributed by atoms with Crippen molar-refractivity contribution in [2.75, 3.05) is 27.9 Å². The summed E-state index contributed by atoms with van der Waals surface area (Å²) in [5.74, 6) is 1.17. The second-order valence-electron chi connectivity index (χ2n) is 4.99. The van der Waals surface area contributed by atoms with Crippen molar-refractivity contribution in [1.82, 2.24) is 4.57 Å². The maximum absolute atomic E-state index is 11.8. The summed E-state index contributed by atoms with van der Waals surface area (Å²) in [6.45, 7) is 2.08. The average Bonchev–Trinajstić information content (AvgIpc) is 3.01. The second kappa shape index (κ2) is 9.04. The first-order valence-electron chi connectivity index (χ1n) is 7.74. The van der Waals surface area contributed by atoms with Gasteiger partial charge < -0.3 is 23.5 Å². The van der Waals surface area contributed by atoms with Crippen LogP contribution in [0.5, 0.6) is 17.2 Å². The molecule has 9 heteroatoms. The maximum Gasteiger partial charge on any atom is 0.355 e. The lowest BCUT2D eigenvalue weighted by atomic mass is 10.2. The van der Waals surface area contributed by atoms with Gasteiger partial charge in [-0.15, -0.1) is 16.4 Å². The van der Waals surface area contributed by atoms with Crippen LogP contribution in [-0.4, -0.2) is 44.7 Å². The van der Waals surface area contributed by atoms with Gasteiger partial charge in [0.15, 0.2) is 11.5 Å². The van der Waals surface area contributed by atoms with E-state index in [9.17, 15) is 4.79 Å². The summed E-state index contributed by atoms with van der Waals surface area (Å²) in [7, 11) is 6.37. The summed E-state index contributed by atoms with van der Waals surface area (Å²) in [4.78, 5) is 12.4. The van der Waals surface area contributed by atoms with Crippen LogP contribution in [0.25, 0.3) is 0 Å². The van der Waals surface area contributed by atoms with Crippen LogP contribution in [0.15, 0.2) is 27.7 Å². The van der Waals surface area contributed by atoms with Crippen molar-refractivity contribution in [3.63, 3.8) is 0 Å². The van der Waals surface area contributed by atoms with Gasteiger partial charge in [0.2, 0.25) is 10.6 Å². The number of esters is 1. The molecule has 26 heavy (non-hydrogen) atoms. The van der Waals surface area contributed by atoms with Crippen LogP contribution in [0.1, 0.15) is 23.0 Å². The molecule has 1 aromatic heterocycles. The summed E-state index contributed by atoms with van der Waals surface area (Å²) < 4.78 is 22.5. The smallest absolute Gasteiger partial charge is 0.355 e. The normalized spacial score (nSPS) is 11.7. The van der Waals surface area contributed by atoms with E-state index in [4.69, 9.17) is 18.9 Å². The molecule has 0 saturated heterocycles. The van der Waals surface area contributed by atoms with Crippen LogP contribution in [0.4, 0.5) is 0 Å². The van der Waals surface area contributed by atoms with E-state index in [1.807, 2.05) is 0 Å². The number of hydrogen-bond donors (Lipinski definition) is 0. The zero-order valence-electron chi connectivity index (χ0n) is 15.3. The Balaban J connectivity index is 2.31. The number of hydrogen-bond acceptors (Lipinski definition) is 8. The molecule has 8 nitrogen and oxygen atoms in total. The molecule has 0 fully saturated rings. The van der Waals surface area contributed by atoms with Gasteiger partial charge in [-0.25, -0.2) is 4.79 Å². The van der Waals surface area contributed by atoms with Gasteiger partial charge in [-0.2, -0.15) is 5.10 Å². The van der Waals surface area contributed by atoms with Crippen LogP contribution in [-0.2, 0) is 11.8 Å². The average molecular weight is 379 g/mol.